The highest BCUT2D eigenvalue weighted by Crippen LogP contribution is 2.56. The van der Waals surface area contributed by atoms with E-state index in [1.165, 1.54) is 44.9 Å². The first-order chi connectivity index (χ1) is 18.3. The molecule has 4 nitrogen and oxygen atoms in total. The number of halogens is 6. The second-order valence-electron chi connectivity index (χ2n) is 11.0. The minimum Gasteiger partial charge on any atom is -0.478 e. The third kappa shape index (κ3) is 5.70. The van der Waals surface area contributed by atoms with Gasteiger partial charge in [0.25, 0.3) is 0 Å². The Labute approximate surface area is 222 Å². The highest BCUT2D eigenvalue weighted by molar-refractivity contribution is 5.71. The summed E-state index contributed by atoms with van der Waals surface area (Å²) >= 11 is 0. The SMILES string of the molecule is Cc1nc(OCCC(C)(C)C(F)F)ccc1-c1cc(COc2cc3c(cn2)C2CC2C3)c(F)cc1C(F)(F)F. The van der Waals surface area contributed by atoms with Crippen molar-refractivity contribution >= 4 is 0 Å². The summed E-state index contributed by atoms with van der Waals surface area (Å²) in [5.74, 6) is 0.575. The third-order valence-corrected chi connectivity index (χ3v) is 7.61. The van der Waals surface area contributed by atoms with E-state index in [1.54, 1.807) is 6.20 Å². The third-order valence-electron chi connectivity index (χ3n) is 7.61. The zero-order chi connectivity index (χ0) is 28.1. The molecule has 1 aromatic carbocycles. The van der Waals surface area contributed by atoms with Gasteiger partial charge in [-0.2, -0.15) is 13.2 Å². The molecule has 39 heavy (non-hydrogen) atoms. The molecule has 1 saturated carbocycles. The molecule has 0 saturated heterocycles. The normalized spacial score (nSPS) is 18.2. The summed E-state index contributed by atoms with van der Waals surface area (Å²) in [6.07, 6.45) is -3.39. The molecule has 10 heteroatoms. The lowest BCUT2D eigenvalue weighted by Crippen LogP contribution is -2.24. The molecule has 2 atom stereocenters. The summed E-state index contributed by atoms with van der Waals surface area (Å²) in [5, 5.41) is 0. The van der Waals surface area contributed by atoms with Gasteiger partial charge in [-0.05, 0) is 72.9 Å². The molecule has 208 valence electrons. The number of aryl methyl sites for hydroxylation is 1. The molecule has 0 amide bonds. The Hall–Kier alpha value is -3.30. The molecule has 2 aliphatic carbocycles. The van der Waals surface area contributed by atoms with Gasteiger partial charge in [-0.15, -0.1) is 0 Å². The monoisotopic (exact) mass is 550 g/mol. The summed E-state index contributed by atoms with van der Waals surface area (Å²) in [6.45, 7) is 4.00. The molecule has 1 fully saturated rings. The number of aromatic nitrogens is 2. The maximum Gasteiger partial charge on any atom is 0.417 e. The first-order valence-corrected chi connectivity index (χ1v) is 12.7. The summed E-state index contributed by atoms with van der Waals surface area (Å²) in [4.78, 5) is 8.51. The van der Waals surface area contributed by atoms with Gasteiger partial charge < -0.3 is 9.47 Å². The van der Waals surface area contributed by atoms with Crippen molar-refractivity contribution in [3.05, 3.63) is 70.3 Å². The quantitative estimate of drug-likeness (QED) is 0.254. The minimum atomic E-state index is -4.82. The zero-order valence-corrected chi connectivity index (χ0v) is 21.7. The summed E-state index contributed by atoms with van der Waals surface area (Å²) in [5.41, 5.74) is 0.00822. The van der Waals surface area contributed by atoms with E-state index in [9.17, 15) is 26.3 Å². The van der Waals surface area contributed by atoms with Crippen LogP contribution in [0.4, 0.5) is 26.3 Å². The van der Waals surface area contributed by atoms with Crippen LogP contribution in [0.5, 0.6) is 11.8 Å². The number of hydrogen-bond donors (Lipinski definition) is 0. The predicted molar refractivity (Wildman–Crippen MR) is 132 cm³/mol. The molecule has 0 spiro atoms. The van der Waals surface area contributed by atoms with Gasteiger partial charge >= 0.3 is 6.18 Å². The molecule has 2 unspecified atom stereocenters. The lowest BCUT2D eigenvalue weighted by Gasteiger charge is -2.23. The summed E-state index contributed by atoms with van der Waals surface area (Å²) < 4.78 is 93.8. The number of benzene rings is 1. The standard InChI is InChI=1S/C29H28F6N2O2/c1-15-19(4-5-25(37-15)38-7-6-28(2,3)27(31)32)21-10-18(24(30)12-23(21)29(33,34)35)14-39-26-11-17-8-16-9-20(16)22(17)13-36-26/h4-5,10-13,16,20,27H,6-9,14H2,1-3H3. The number of fused-ring (bicyclic) bond motifs is 3. The molecule has 0 radical (unpaired) electrons. The molecule has 3 aromatic rings. The smallest absolute Gasteiger partial charge is 0.417 e. The Morgan fingerprint density at radius 2 is 1.79 bits per heavy atom. The van der Waals surface area contributed by atoms with Crippen LogP contribution >= 0.6 is 0 Å². The lowest BCUT2D eigenvalue weighted by atomic mass is 9.90. The number of alkyl halides is 5. The van der Waals surface area contributed by atoms with Gasteiger partial charge in [-0.25, -0.2) is 23.1 Å². The zero-order valence-electron chi connectivity index (χ0n) is 21.7. The van der Waals surface area contributed by atoms with Gasteiger partial charge in [0.15, 0.2) is 0 Å². The van der Waals surface area contributed by atoms with E-state index in [0.717, 1.165) is 18.1 Å². The molecule has 0 aliphatic heterocycles. The largest absolute Gasteiger partial charge is 0.478 e. The van der Waals surface area contributed by atoms with Crippen molar-refractivity contribution in [2.24, 2.45) is 11.3 Å². The molecule has 5 rings (SSSR count). The van der Waals surface area contributed by atoms with E-state index >= 15 is 0 Å². The van der Waals surface area contributed by atoms with Gasteiger partial charge in [0, 0.05) is 40.6 Å². The number of ether oxygens (including phenoxy) is 2. The topological polar surface area (TPSA) is 44.2 Å². The van der Waals surface area contributed by atoms with E-state index < -0.39 is 29.4 Å². The molecule has 2 aromatic heterocycles. The Bertz CT molecular complexity index is 1390. The van der Waals surface area contributed by atoms with Crippen LogP contribution in [0, 0.1) is 24.1 Å². The molecular weight excluding hydrogens is 522 g/mol. The fourth-order valence-corrected chi connectivity index (χ4v) is 4.98. The predicted octanol–water partition coefficient (Wildman–Crippen LogP) is 7.91. The highest BCUT2D eigenvalue weighted by atomic mass is 19.4. The molecule has 0 N–H and O–H groups in total. The van der Waals surface area contributed by atoms with Crippen molar-refractivity contribution in [1.82, 2.24) is 9.97 Å². The molecule has 2 heterocycles. The van der Waals surface area contributed by atoms with Gasteiger partial charge in [-0.1, -0.05) is 13.8 Å². The van der Waals surface area contributed by atoms with Crippen LogP contribution in [0.25, 0.3) is 11.1 Å². The number of hydrogen-bond acceptors (Lipinski definition) is 4. The van der Waals surface area contributed by atoms with Crippen LogP contribution in [0.15, 0.2) is 36.5 Å². The van der Waals surface area contributed by atoms with Crippen LogP contribution in [0.3, 0.4) is 0 Å². The number of pyridine rings is 2. The van der Waals surface area contributed by atoms with E-state index in [0.29, 0.717) is 23.8 Å². The van der Waals surface area contributed by atoms with Crippen LogP contribution < -0.4 is 9.47 Å². The van der Waals surface area contributed by atoms with Crippen LogP contribution in [-0.2, 0) is 19.2 Å². The first kappa shape index (κ1) is 27.3. The Morgan fingerprint density at radius 1 is 1.03 bits per heavy atom. The van der Waals surface area contributed by atoms with E-state index in [-0.39, 0.29) is 47.9 Å². The van der Waals surface area contributed by atoms with Gasteiger partial charge in [0.2, 0.25) is 18.2 Å². The Kier molecular flexibility index (Phi) is 7.01. The van der Waals surface area contributed by atoms with Crippen LogP contribution in [-0.4, -0.2) is 23.0 Å². The summed E-state index contributed by atoms with van der Waals surface area (Å²) in [7, 11) is 0. The van der Waals surface area contributed by atoms with Crippen molar-refractivity contribution in [3.63, 3.8) is 0 Å². The van der Waals surface area contributed by atoms with Crippen molar-refractivity contribution in [2.75, 3.05) is 6.61 Å². The Morgan fingerprint density at radius 3 is 2.49 bits per heavy atom. The first-order valence-electron chi connectivity index (χ1n) is 12.7. The Balaban J connectivity index is 1.37. The maximum atomic E-state index is 14.8. The average Bonchev–Trinajstić information content (AvgIpc) is 3.53. The number of rotatable bonds is 9. The minimum absolute atomic E-state index is 0.0347. The van der Waals surface area contributed by atoms with Gasteiger partial charge in [-0.3, -0.25) is 0 Å². The number of nitrogens with zero attached hydrogens (tertiary/aromatic N) is 2. The average molecular weight is 551 g/mol. The second kappa shape index (κ2) is 10.0. The fraction of sp³-hybridized carbons (Fsp3) is 0.448. The molecule has 0 bridgehead atoms. The lowest BCUT2D eigenvalue weighted by molar-refractivity contribution is -0.137. The van der Waals surface area contributed by atoms with E-state index in [1.807, 2.05) is 6.07 Å². The molecular formula is C29H28F6N2O2. The van der Waals surface area contributed by atoms with E-state index in [4.69, 9.17) is 9.47 Å². The van der Waals surface area contributed by atoms with Crippen LogP contribution in [0.2, 0.25) is 0 Å². The highest BCUT2D eigenvalue weighted by Gasteiger charge is 2.45. The van der Waals surface area contributed by atoms with Crippen molar-refractivity contribution in [2.45, 2.75) is 65.2 Å². The van der Waals surface area contributed by atoms with E-state index in [2.05, 4.69) is 9.97 Å². The molecule has 2 aliphatic rings. The maximum absolute atomic E-state index is 14.8. The summed E-state index contributed by atoms with van der Waals surface area (Å²) in [6, 6.07) is 6.18. The van der Waals surface area contributed by atoms with Crippen molar-refractivity contribution in [1.29, 1.82) is 0 Å². The van der Waals surface area contributed by atoms with Gasteiger partial charge in [0.1, 0.15) is 12.4 Å². The fourth-order valence-electron chi connectivity index (χ4n) is 4.98. The van der Waals surface area contributed by atoms with Gasteiger partial charge in [0.05, 0.1) is 12.2 Å². The van der Waals surface area contributed by atoms with Crippen molar-refractivity contribution < 1.29 is 35.8 Å². The van der Waals surface area contributed by atoms with Crippen LogP contribution in [0.1, 0.15) is 60.6 Å². The van der Waals surface area contributed by atoms with Crippen molar-refractivity contribution in [3.8, 4) is 22.9 Å². The second-order valence-corrected chi connectivity index (χ2v) is 11.0.